The number of amides is 1. The Hall–Kier alpha value is -2.62. The van der Waals surface area contributed by atoms with Crippen LogP contribution in [0.5, 0.6) is 5.75 Å². The first-order chi connectivity index (χ1) is 11.4. The number of benzene rings is 1. The predicted molar refractivity (Wildman–Crippen MR) is 98.1 cm³/mol. The van der Waals surface area contributed by atoms with Crippen LogP contribution in [0.3, 0.4) is 0 Å². The van der Waals surface area contributed by atoms with E-state index in [1.54, 1.807) is 34.9 Å². The van der Waals surface area contributed by atoms with Crippen molar-refractivity contribution in [3.8, 4) is 5.75 Å². The molecule has 0 aliphatic carbocycles. The molecular weight excluding hydrogens is 346 g/mol. The van der Waals surface area contributed by atoms with E-state index in [0.29, 0.717) is 0 Å². The number of phenols is 1. The highest BCUT2D eigenvalue weighted by Crippen LogP contribution is 2.28. The van der Waals surface area contributed by atoms with Crippen molar-refractivity contribution in [2.45, 2.75) is 26.3 Å². The fourth-order valence-corrected chi connectivity index (χ4v) is 2.15. The summed E-state index contributed by atoms with van der Waals surface area (Å²) in [6.45, 7) is 5.39. The monoisotopic (exact) mass is 369 g/mol. The SMILES string of the molecule is CN(C)C(=O)c1cccc(N/C(=N/[SH](=O)=O)C(=N)NC(C)(C)C)c1O. The van der Waals surface area contributed by atoms with Gasteiger partial charge in [0.2, 0.25) is 10.9 Å². The van der Waals surface area contributed by atoms with Crippen LogP contribution in [0.15, 0.2) is 22.6 Å². The Morgan fingerprint density at radius 2 is 1.88 bits per heavy atom. The Morgan fingerprint density at radius 1 is 1.28 bits per heavy atom. The summed E-state index contributed by atoms with van der Waals surface area (Å²) in [6, 6.07) is 4.40. The number of carbonyl (C=O) groups is 1. The molecule has 1 aromatic rings. The molecule has 0 saturated heterocycles. The average molecular weight is 369 g/mol. The van der Waals surface area contributed by atoms with Crippen molar-refractivity contribution >= 4 is 34.2 Å². The van der Waals surface area contributed by atoms with Gasteiger partial charge in [-0.3, -0.25) is 10.2 Å². The third-order valence-corrected chi connectivity index (χ3v) is 3.21. The number of hydrogen-bond acceptors (Lipinski definition) is 5. The number of aromatic hydroxyl groups is 1. The van der Waals surface area contributed by atoms with Crippen LogP contribution in [-0.4, -0.2) is 55.6 Å². The predicted octanol–water partition coefficient (Wildman–Crippen LogP) is 0.796. The van der Waals surface area contributed by atoms with E-state index in [2.05, 4.69) is 15.0 Å². The van der Waals surface area contributed by atoms with Crippen molar-refractivity contribution in [2.24, 2.45) is 4.40 Å². The Labute approximate surface area is 148 Å². The number of nitrogens with one attached hydrogen (secondary N) is 3. The van der Waals surface area contributed by atoms with Crippen LogP contribution in [0.4, 0.5) is 5.69 Å². The number of para-hydroxylation sites is 1. The maximum atomic E-state index is 12.1. The lowest BCUT2D eigenvalue weighted by Crippen LogP contribution is -2.45. The fraction of sp³-hybridized carbons (Fsp3) is 0.400. The molecule has 1 amide bonds. The van der Waals surface area contributed by atoms with Gasteiger partial charge in [0.1, 0.15) is 0 Å². The molecule has 0 atom stereocenters. The van der Waals surface area contributed by atoms with Gasteiger partial charge >= 0.3 is 0 Å². The lowest BCUT2D eigenvalue weighted by Gasteiger charge is -2.23. The zero-order valence-corrected chi connectivity index (χ0v) is 15.6. The quantitative estimate of drug-likeness (QED) is 0.231. The largest absolute Gasteiger partial charge is 0.505 e. The zero-order valence-electron chi connectivity index (χ0n) is 14.7. The Kier molecular flexibility index (Phi) is 6.51. The number of anilines is 1. The van der Waals surface area contributed by atoms with Crippen molar-refractivity contribution in [2.75, 3.05) is 19.4 Å². The summed E-state index contributed by atoms with van der Waals surface area (Å²) in [5, 5.41) is 23.7. The summed E-state index contributed by atoms with van der Waals surface area (Å²) in [4.78, 5) is 13.4. The van der Waals surface area contributed by atoms with E-state index in [1.807, 2.05) is 0 Å². The second-order valence-corrected chi connectivity index (χ2v) is 7.14. The van der Waals surface area contributed by atoms with Crippen molar-refractivity contribution in [1.29, 1.82) is 5.41 Å². The van der Waals surface area contributed by atoms with E-state index in [0.717, 1.165) is 0 Å². The van der Waals surface area contributed by atoms with Gasteiger partial charge in [-0.15, -0.1) is 4.40 Å². The number of amidine groups is 2. The number of rotatable bonds is 3. The highest BCUT2D eigenvalue weighted by molar-refractivity contribution is 7.71. The third-order valence-electron chi connectivity index (χ3n) is 2.84. The number of hydrogen-bond donors (Lipinski definition) is 5. The average Bonchev–Trinajstić information content (AvgIpc) is 2.45. The van der Waals surface area contributed by atoms with Gasteiger partial charge in [0, 0.05) is 19.6 Å². The van der Waals surface area contributed by atoms with Crippen molar-refractivity contribution in [3.63, 3.8) is 0 Å². The lowest BCUT2D eigenvalue weighted by atomic mass is 10.1. The summed E-state index contributed by atoms with van der Waals surface area (Å²) in [7, 11) is -0.0794. The van der Waals surface area contributed by atoms with Gasteiger partial charge in [-0.2, -0.15) is 0 Å². The summed E-state index contributed by atoms with van der Waals surface area (Å²) in [5.41, 5.74) is -0.404. The molecule has 4 N–H and O–H groups in total. The summed E-state index contributed by atoms with van der Waals surface area (Å²) in [5.74, 6) is -1.35. The van der Waals surface area contributed by atoms with Crippen LogP contribution in [0.25, 0.3) is 0 Å². The normalized spacial score (nSPS) is 12.0. The second-order valence-electron chi connectivity index (χ2n) is 6.46. The Bertz CT molecular complexity index is 771. The van der Waals surface area contributed by atoms with E-state index >= 15 is 0 Å². The van der Waals surface area contributed by atoms with Gasteiger partial charge in [0.05, 0.1) is 11.3 Å². The summed E-state index contributed by atoms with van der Waals surface area (Å²) < 4.78 is 25.3. The minimum Gasteiger partial charge on any atom is -0.505 e. The lowest BCUT2D eigenvalue weighted by molar-refractivity contribution is 0.0824. The van der Waals surface area contributed by atoms with E-state index < -0.39 is 22.3 Å². The first-order valence-electron chi connectivity index (χ1n) is 7.33. The van der Waals surface area contributed by atoms with Crippen LogP contribution in [-0.2, 0) is 10.9 Å². The molecule has 0 aromatic heterocycles. The molecule has 0 spiro atoms. The molecule has 0 aliphatic heterocycles. The molecule has 0 unspecified atom stereocenters. The minimum absolute atomic E-state index is 0.0381. The molecule has 9 nitrogen and oxygen atoms in total. The first kappa shape index (κ1) is 20.4. The maximum absolute atomic E-state index is 12.1. The van der Waals surface area contributed by atoms with Gasteiger partial charge < -0.3 is 20.6 Å². The molecule has 1 aromatic carbocycles. The highest BCUT2D eigenvalue weighted by atomic mass is 32.2. The number of carbonyl (C=O) groups excluding carboxylic acids is 1. The van der Waals surface area contributed by atoms with Crippen LogP contribution < -0.4 is 10.6 Å². The molecule has 0 saturated carbocycles. The van der Waals surface area contributed by atoms with Gasteiger partial charge in [-0.1, -0.05) is 6.07 Å². The number of thiol groups is 1. The fourth-order valence-electron chi connectivity index (χ4n) is 1.84. The molecule has 10 heteroatoms. The topological polar surface area (TPSA) is 135 Å². The molecule has 138 valence electrons. The van der Waals surface area contributed by atoms with Crippen molar-refractivity contribution in [1.82, 2.24) is 10.2 Å². The van der Waals surface area contributed by atoms with Crippen LogP contribution >= 0.6 is 0 Å². The van der Waals surface area contributed by atoms with E-state index in [-0.39, 0.29) is 28.7 Å². The molecule has 25 heavy (non-hydrogen) atoms. The molecule has 0 fully saturated rings. The maximum Gasteiger partial charge on any atom is 0.257 e. The molecule has 1 rings (SSSR count). The molecule has 0 radical (unpaired) electrons. The first-order valence-corrected chi connectivity index (χ1v) is 8.46. The van der Waals surface area contributed by atoms with Crippen molar-refractivity contribution in [3.05, 3.63) is 23.8 Å². The van der Waals surface area contributed by atoms with Crippen molar-refractivity contribution < 1.29 is 18.3 Å². The summed E-state index contributed by atoms with van der Waals surface area (Å²) in [6.07, 6.45) is 0. The van der Waals surface area contributed by atoms with Crippen LogP contribution in [0.1, 0.15) is 31.1 Å². The zero-order chi connectivity index (χ0) is 19.4. The summed E-state index contributed by atoms with van der Waals surface area (Å²) >= 11 is 0. The van der Waals surface area contributed by atoms with E-state index in [9.17, 15) is 18.3 Å². The molecular formula is C15H23N5O4S. The smallest absolute Gasteiger partial charge is 0.257 e. The minimum atomic E-state index is -3.16. The number of phenolic OH excluding ortho intramolecular Hbond substituents is 1. The van der Waals surface area contributed by atoms with E-state index in [1.165, 1.54) is 23.1 Å². The number of nitrogens with zero attached hydrogens (tertiary/aromatic N) is 2. The molecule has 0 heterocycles. The van der Waals surface area contributed by atoms with Crippen LogP contribution in [0, 0.1) is 5.41 Å². The molecule has 0 aliphatic rings. The second kappa shape index (κ2) is 7.97. The van der Waals surface area contributed by atoms with E-state index in [4.69, 9.17) is 5.41 Å². The third kappa shape index (κ3) is 6.07. The van der Waals surface area contributed by atoms with Gasteiger partial charge in [-0.05, 0) is 32.9 Å². The van der Waals surface area contributed by atoms with Gasteiger partial charge in [0.25, 0.3) is 5.91 Å². The van der Waals surface area contributed by atoms with Gasteiger partial charge in [-0.25, -0.2) is 8.42 Å². The Morgan fingerprint density at radius 3 is 2.36 bits per heavy atom. The standard InChI is InChI=1S/C15H23N5O4S/c1-15(2,3)18-12(16)13(19-25(23)24)17-10-8-6-7-9(11(10)21)14(22)20(4)5/h6-8,21,25H,1-5H3,(H2,16,18)(H,17,19,23,24). The Balaban J connectivity index is 3.25. The highest BCUT2D eigenvalue weighted by Gasteiger charge is 2.20. The van der Waals surface area contributed by atoms with Gasteiger partial charge in [0.15, 0.2) is 17.4 Å². The van der Waals surface area contributed by atoms with Crippen LogP contribution in [0.2, 0.25) is 0 Å². The molecule has 0 bridgehead atoms.